The number of carbonyl (C=O) groups is 1. The third kappa shape index (κ3) is 4.49. The van der Waals surface area contributed by atoms with Crippen molar-refractivity contribution < 1.29 is 19.4 Å². The van der Waals surface area contributed by atoms with Gasteiger partial charge in [-0.15, -0.1) is 0 Å². The van der Waals surface area contributed by atoms with Crippen LogP contribution < -0.4 is 9.47 Å². The maximum Gasteiger partial charge on any atom is 0.335 e. The number of nitrogens with zero attached hydrogens (tertiary/aromatic N) is 1. The van der Waals surface area contributed by atoms with E-state index in [1.807, 2.05) is 19.1 Å². The van der Waals surface area contributed by atoms with Crippen molar-refractivity contribution in [2.45, 2.75) is 13.3 Å². The first-order valence-electron chi connectivity index (χ1n) is 6.67. The molecule has 1 heterocycles. The van der Waals surface area contributed by atoms with E-state index in [4.69, 9.17) is 14.6 Å². The molecular formula is C16H17NO4. The SMILES string of the molecule is Cc1ncccc1OCCCOc1cccc(C(=O)O)c1. The van der Waals surface area contributed by atoms with Gasteiger partial charge in [0.25, 0.3) is 0 Å². The molecule has 110 valence electrons. The number of hydrogen-bond donors (Lipinski definition) is 1. The van der Waals surface area contributed by atoms with E-state index in [-0.39, 0.29) is 5.56 Å². The quantitative estimate of drug-likeness (QED) is 0.793. The van der Waals surface area contributed by atoms with Crippen LogP contribution in [0.15, 0.2) is 42.6 Å². The van der Waals surface area contributed by atoms with Gasteiger partial charge in [-0.05, 0) is 37.3 Å². The van der Waals surface area contributed by atoms with Crippen molar-refractivity contribution in [3.05, 3.63) is 53.9 Å². The molecular weight excluding hydrogens is 270 g/mol. The minimum atomic E-state index is -0.962. The van der Waals surface area contributed by atoms with Gasteiger partial charge in [0, 0.05) is 12.6 Å². The summed E-state index contributed by atoms with van der Waals surface area (Å²) < 4.78 is 11.1. The van der Waals surface area contributed by atoms with Gasteiger partial charge >= 0.3 is 5.97 Å². The Morgan fingerprint density at radius 1 is 1.19 bits per heavy atom. The van der Waals surface area contributed by atoms with E-state index >= 15 is 0 Å². The minimum absolute atomic E-state index is 0.217. The number of carboxylic acid groups (broad SMARTS) is 1. The molecule has 5 heteroatoms. The molecule has 5 nitrogen and oxygen atoms in total. The van der Waals surface area contributed by atoms with E-state index in [0.717, 1.165) is 11.4 Å². The van der Waals surface area contributed by atoms with Crippen LogP contribution in [-0.2, 0) is 0 Å². The third-order valence-electron chi connectivity index (χ3n) is 2.85. The smallest absolute Gasteiger partial charge is 0.335 e. The fourth-order valence-electron chi connectivity index (χ4n) is 1.77. The molecule has 0 aliphatic rings. The number of ether oxygens (including phenoxy) is 2. The summed E-state index contributed by atoms with van der Waals surface area (Å²) in [5, 5.41) is 8.89. The van der Waals surface area contributed by atoms with E-state index in [1.165, 1.54) is 12.1 Å². The van der Waals surface area contributed by atoms with Gasteiger partial charge in [-0.3, -0.25) is 4.98 Å². The number of aromatic nitrogens is 1. The van der Waals surface area contributed by atoms with Crippen LogP contribution in [0.25, 0.3) is 0 Å². The number of carboxylic acids is 1. The van der Waals surface area contributed by atoms with E-state index in [2.05, 4.69) is 4.98 Å². The first-order chi connectivity index (χ1) is 10.2. The van der Waals surface area contributed by atoms with Crippen molar-refractivity contribution in [3.8, 4) is 11.5 Å². The van der Waals surface area contributed by atoms with Gasteiger partial charge in [-0.1, -0.05) is 6.07 Å². The Morgan fingerprint density at radius 2 is 2.00 bits per heavy atom. The second kappa shape index (κ2) is 7.28. The molecule has 0 unspecified atom stereocenters. The normalized spacial score (nSPS) is 10.1. The molecule has 0 bridgehead atoms. The van der Waals surface area contributed by atoms with Gasteiger partial charge < -0.3 is 14.6 Å². The topological polar surface area (TPSA) is 68.7 Å². The standard InChI is InChI=1S/C16H17NO4/c1-12-15(7-3-8-17-12)21-10-4-9-20-14-6-2-5-13(11-14)16(18)19/h2-3,5-8,11H,4,9-10H2,1H3,(H,18,19). The van der Waals surface area contributed by atoms with E-state index < -0.39 is 5.97 Å². The Balaban J connectivity index is 1.74. The predicted molar refractivity (Wildman–Crippen MR) is 78.0 cm³/mol. The van der Waals surface area contributed by atoms with E-state index in [9.17, 15) is 4.79 Å². The lowest BCUT2D eigenvalue weighted by atomic mass is 10.2. The first kappa shape index (κ1) is 14.8. The van der Waals surface area contributed by atoms with Crippen molar-refractivity contribution >= 4 is 5.97 Å². The Labute approximate surface area is 123 Å². The molecule has 0 saturated heterocycles. The van der Waals surface area contributed by atoms with Crippen molar-refractivity contribution in [3.63, 3.8) is 0 Å². The highest BCUT2D eigenvalue weighted by Gasteiger charge is 2.04. The lowest BCUT2D eigenvalue weighted by molar-refractivity contribution is 0.0696. The second-order valence-electron chi connectivity index (χ2n) is 4.47. The number of aromatic carboxylic acids is 1. The predicted octanol–water partition coefficient (Wildman–Crippen LogP) is 2.94. The highest BCUT2D eigenvalue weighted by molar-refractivity contribution is 5.87. The Morgan fingerprint density at radius 3 is 2.76 bits per heavy atom. The number of pyridine rings is 1. The molecule has 0 amide bonds. The zero-order chi connectivity index (χ0) is 15.1. The summed E-state index contributed by atoms with van der Waals surface area (Å²) in [4.78, 5) is 15.0. The number of aryl methyl sites for hydroxylation is 1. The van der Waals surface area contributed by atoms with Crippen LogP contribution in [0.4, 0.5) is 0 Å². The van der Waals surface area contributed by atoms with Gasteiger partial charge in [0.05, 0.1) is 24.5 Å². The van der Waals surface area contributed by atoms with Crippen molar-refractivity contribution in [2.75, 3.05) is 13.2 Å². The van der Waals surface area contributed by atoms with Gasteiger partial charge in [0.2, 0.25) is 0 Å². The average Bonchev–Trinajstić information content (AvgIpc) is 2.49. The summed E-state index contributed by atoms with van der Waals surface area (Å²) in [7, 11) is 0. The number of benzene rings is 1. The molecule has 0 spiro atoms. The van der Waals surface area contributed by atoms with E-state index in [0.29, 0.717) is 25.4 Å². The molecule has 1 aromatic heterocycles. The highest BCUT2D eigenvalue weighted by Crippen LogP contribution is 2.15. The molecule has 1 aromatic carbocycles. The number of hydrogen-bond acceptors (Lipinski definition) is 4. The van der Waals surface area contributed by atoms with Crippen LogP contribution in [0.5, 0.6) is 11.5 Å². The Kier molecular flexibility index (Phi) is 5.15. The maximum atomic E-state index is 10.8. The van der Waals surface area contributed by atoms with Crippen LogP contribution in [-0.4, -0.2) is 29.3 Å². The monoisotopic (exact) mass is 287 g/mol. The Bertz CT molecular complexity index is 613. The average molecular weight is 287 g/mol. The van der Waals surface area contributed by atoms with Crippen LogP contribution in [0.3, 0.4) is 0 Å². The summed E-state index contributed by atoms with van der Waals surface area (Å²) in [6, 6.07) is 10.1. The fraction of sp³-hybridized carbons (Fsp3) is 0.250. The molecule has 2 aromatic rings. The number of rotatable bonds is 7. The van der Waals surface area contributed by atoms with Crippen LogP contribution >= 0.6 is 0 Å². The largest absolute Gasteiger partial charge is 0.493 e. The van der Waals surface area contributed by atoms with Crippen LogP contribution in [0.1, 0.15) is 22.5 Å². The summed E-state index contributed by atoms with van der Waals surface area (Å²) in [5.74, 6) is 0.355. The van der Waals surface area contributed by atoms with Crippen molar-refractivity contribution in [1.82, 2.24) is 4.98 Å². The Hall–Kier alpha value is -2.56. The summed E-state index contributed by atoms with van der Waals surface area (Å²) >= 11 is 0. The molecule has 1 N–H and O–H groups in total. The minimum Gasteiger partial charge on any atom is -0.493 e. The van der Waals surface area contributed by atoms with Crippen LogP contribution in [0.2, 0.25) is 0 Å². The molecule has 0 aliphatic heterocycles. The third-order valence-corrected chi connectivity index (χ3v) is 2.85. The molecule has 0 aliphatic carbocycles. The second-order valence-corrected chi connectivity index (χ2v) is 4.47. The zero-order valence-corrected chi connectivity index (χ0v) is 11.8. The zero-order valence-electron chi connectivity index (χ0n) is 11.8. The summed E-state index contributed by atoms with van der Waals surface area (Å²) in [6.07, 6.45) is 2.42. The molecule has 0 fully saturated rings. The molecule has 2 rings (SSSR count). The van der Waals surface area contributed by atoms with Gasteiger partial charge in [0.1, 0.15) is 11.5 Å². The molecule has 0 saturated carbocycles. The lowest BCUT2D eigenvalue weighted by Crippen LogP contribution is -2.06. The molecule has 21 heavy (non-hydrogen) atoms. The lowest BCUT2D eigenvalue weighted by Gasteiger charge is -2.09. The first-order valence-corrected chi connectivity index (χ1v) is 6.67. The van der Waals surface area contributed by atoms with Gasteiger partial charge in [-0.25, -0.2) is 4.79 Å². The van der Waals surface area contributed by atoms with Crippen LogP contribution in [0, 0.1) is 6.92 Å². The van der Waals surface area contributed by atoms with Crippen molar-refractivity contribution in [2.24, 2.45) is 0 Å². The van der Waals surface area contributed by atoms with Gasteiger partial charge in [-0.2, -0.15) is 0 Å². The van der Waals surface area contributed by atoms with Gasteiger partial charge in [0.15, 0.2) is 0 Å². The van der Waals surface area contributed by atoms with Crippen molar-refractivity contribution in [1.29, 1.82) is 0 Å². The summed E-state index contributed by atoms with van der Waals surface area (Å²) in [6.45, 7) is 2.87. The van der Waals surface area contributed by atoms with E-state index in [1.54, 1.807) is 18.3 Å². The summed E-state index contributed by atoms with van der Waals surface area (Å²) in [5.41, 5.74) is 1.07. The fourth-order valence-corrected chi connectivity index (χ4v) is 1.77. The maximum absolute atomic E-state index is 10.8. The molecule has 0 atom stereocenters. The highest BCUT2D eigenvalue weighted by atomic mass is 16.5. The molecule has 0 radical (unpaired) electrons.